The van der Waals surface area contributed by atoms with Gasteiger partial charge in [-0.2, -0.15) is 9.99 Å². The van der Waals surface area contributed by atoms with Crippen molar-refractivity contribution in [3.05, 3.63) is 35.3 Å². The van der Waals surface area contributed by atoms with Gasteiger partial charge in [-0.3, -0.25) is 0 Å². The lowest BCUT2D eigenvalue weighted by Gasteiger charge is -2.43. The molecule has 2 bridgehead atoms. The van der Waals surface area contributed by atoms with E-state index in [-0.39, 0.29) is 18.2 Å². The second-order valence-electron chi connectivity index (χ2n) is 7.83. The molecule has 6 heteroatoms. The molecule has 0 spiro atoms. The molecule has 2 saturated heterocycles. The van der Waals surface area contributed by atoms with Gasteiger partial charge in [0.15, 0.2) is 12.4 Å². The number of nitrogens with zero attached hydrogens (tertiary/aromatic N) is 3. The van der Waals surface area contributed by atoms with Gasteiger partial charge >= 0.3 is 6.09 Å². The number of piperidine rings is 1. The van der Waals surface area contributed by atoms with Crippen LogP contribution in [-0.2, 0) is 10.2 Å². The number of pyridine rings is 1. The van der Waals surface area contributed by atoms with E-state index >= 15 is 0 Å². The van der Waals surface area contributed by atoms with Crippen molar-refractivity contribution in [3.63, 3.8) is 0 Å². The van der Waals surface area contributed by atoms with E-state index in [2.05, 4.69) is 6.07 Å². The van der Waals surface area contributed by atoms with Crippen molar-refractivity contribution in [1.82, 2.24) is 4.90 Å². The van der Waals surface area contributed by atoms with E-state index in [1.54, 1.807) is 6.07 Å². The minimum atomic E-state index is -0.711. The Balaban J connectivity index is 1.86. The number of aromatic nitrogens is 1. The maximum absolute atomic E-state index is 12.5. The standard InChI is InChI=1S/C18H23N3O3/c1-17(2,3)24-16(22)21-14-6-7-15(21)10-18(9-14,12-19)13-5-4-8-20(23)11-13/h4-5,8,11,14-15H,6-7,9-10H2,1-3H3. The quantitative estimate of drug-likeness (QED) is 0.586. The average molecular weight is 329 g/mol. The van der Waals surface area contributed by atoms with Crippen LogP contribution in [0.5, 0.6) is 0 Å². The Labute approximate surface area is 142 Å². The molecule has 0 aliphatic carbocycles. The molecule has 1 aromatic rings. The second kappa shape index (κ2) is 5.66. The second-order valence-corrected chi connectivity index (χ2v) is 7.83. The monoisotopic (exact) mass is 329 g/mol. The van der Waals surface area contributed by atoms with Crippen molar-refractivity contribution >= 4 is 6.09 Å². The highest BCUT2D eigenvalue weighted by atomic mass is 16.6. The Kier molecular flexibility index (Phi) is 3.90. The Bertz CT molecular complexity index is 675. The summed E-state index contributed by atoms with van der Waals surface area (Å²) >= 11 is 0. The third kappa shape index (κ3) is 2.91. The smallest absolute Gasteiger partial charge is 0.410 e. The molecule has 2 aliphatic heterocycles. The number of rotatable bonds is 1. The van der Waals surface area contributed by atoms with Crippen molar-refractivity contribution in [2.24, 2.45) is 0 Å². The first kappa shape index (κ1) is 16.6. The summed E-state index contributed by atoms with van der Waals surface area (Å²) < 4.78 is 6.27. The van der Waals surface area contributed by atoms with Crippen molar-refractivity contribution in [2.45, 2.75) is 69.6 Å². The van der Waals surface area contributed by atoms with E-state index in [4.69, 9.17) is 4.74 Å². The summed E-state index contributed by atoms with van der Waals surface area (Å²) in [5.74, 6) is 0. The van der Waals surface area contributed by atoms with Crippen molar-refractivity contribution in [3.8, 4) is 6.07 Å². The zero-order chi connectivity index (χ0) is 17.5. The topological polar surface area (TPSA) is 80.3 Å². The Morgan fingerprint density at radius 1 is 1.42 bits per heavy atom. The molecule has 0 radical (unpaired) electrons. The molecule has 2 aliphatic rings. The molecule has 2 unspecified atom stereocenters. The number of ether oxygens (including phenoxy) is 1. The van der Waals surface area contributed by atoms with Crippen LogP contribution < -0.4 is 4.73 Å². The lowest BCUT2D eigenvalue weighted by Crippen LogP contribution is -2.53. The van der Waals surface area contributed by atoms with Crippen LogP contribution in [0.1, 0.15) is 52.0 Å². The zero-order valence-corrected chi connectivity index (χ0v) is 14.4. The third-order valence-electron chi connectivity index (χ3n) is 4.93. The molecule has 6 nitrogen and oxygen atoms in total. The zero-order valence-electron chi connectivity index (χ0n) is 14.4. The van der Waals surface area contributed by atoms with Gasteiger partial charge in [-0.05, 0) is 52.5 Å². The van der Waals surface area contributed by atoms with Gasteiger partial charge in [0.05, 0.1) is 11.5 Å². The SMILES string of the molecule is CC(C)(C)OC(=O)N1C2CCC1CC(C#N)(c1ccc[n+]([O-])c1)C2. The van der Waals surface area contributed by atoms with Crippen molar-refractivity contribution < 1.29 is 14.3 Å². The number of hydrogen-bond acceptors (Lipinski definition) is 4. The number of hydrogen-bond donors (Lipinski definition) is 0. The van der Waals surface area contributed by atoms with Crippen LogP contribution in [0.25, 0.3) is 0 Å². The van der Waals surface area contributed by atoms with E-state index in [9.17, 15) is 15.3 Å². The fourth-order valence-electron chi connectivity index (χ4n) is 3.99. The summed E-state index contributed by atoms with van der Waals surface area (Å²) in [6.45, 7) is 5.56. The molecular formula is C18H23N3O3. The fourth-order valence-corrected chi connectivity index (χ4v) is 3.99. The van der Waals surface area contributed by atoms with Gasteiger partial charge in [0.1, 0.15) is 5.60 Å². The van der Waals surface area contributed by atoms with Gasteiger partial charge in [-0.1, -0.05) is 0 Å². The van der Waals surface area contributed by atoms with Gasteiger partial charge in [0, 0.05) is 23.7 Å². The molecule has 2 atom stereocenters. The van der Waals surface area contributed by atoms with Gasteiger partial charge in [-0.25, -0.2) is 4.79 Å². The first-order valence-corrected chi connectivity index (χ1v) is 8.36. The van der Waals surface area contributed by atoms with E-state index in [0.717, 1.165) is 23.1 Å². The number of fused-ring (bicyclic) bond motifs is 2. The van der Waals surface area contributed by atoms with E-state index in [0.29, 0.717) is 12.8 Å². The summed E-state index contributed by atoms with van der Waals surface area (Å²) in [6.07, 6.45) is 5.43. The van der Waals surface area contributed by atoms with Crippen LogP contribution in [0, 0.1) is 16.5 Å². The van der Waals surface area contributed by atoms with Crippen molar-refractivity contribution in [2.75, 3.05) is 0 Å². The third-order valence-corrected chi connectivity index (χ3v) is 4.93. The average Bonchev–Trinajstić information content (AvgIpc) is 2.77. The molecule has 1 amide bonds. The Morgan fingerprint density at radius 3 is 2.54 bits per heavy atom. The van der Waals surface area contributed by atoms with E-state index < -0.39 is 11.0 Å². The minimum absolute atomic E-state index is 0.0152. The highest BCUT2D eigenvalue weighted by Gasteiger charge is 2.52. The molecule has 3 heterocycles. The molecule has 1 aromatic heterocycles. The van der Waals surface area contributed by atoms with Gasteiger partial charge in [0.2, 0.25) is 0 Å². The predicted octanol–water partition coefficient (Wildman–Crippen LogP) is 2.64. The molecule has 24 heavy (non-hydrogen) atoms. The molecule has 3 rings (SSSR count). The molecule has 128 valence electrons. The van der Waals surface area contributed by atoms with E-state index in [1.807, 2.05) is 31.7 Å². The number of carbonyl (C=O) groups is 1. The summed E-state index contributed by atoms with van der Waals surface area (Å²) in [5.41, 5.74) is -0.505. The van der Waals surface area contributed by atoms with Crippen molar-refractivity contribution in [1.29, 1.82) is 5.26 Å². The number of amides is 1. The minimum Gasteiger partial charge on any atom is -0.619 e. The summed E-state index contributed by atoms with van der Waals surface area (Å²) in [6, 6.07) is 5.91. The fraction of sp³-hybridized carbons (Fsp3) is 0.611. The summed E-state index contributed by atoms with van der Waals surface area (Å²) in [7, 11) is 0. The number of carbonyl (C=O) groups excluding carboxylic acids is 1. The summed E-state index contributed by atoms with van der Waals surface area (Å²) in [4.78, 5) is 14.3. The van der Waals surface area contributed by atoms with E-state index in [1.165, 1.54) is 12.4 Å². The van der Waals surface area contributed by atoms with Crippen LogP contribution in [0.15, 0.2) is 24.5 Å². The molecule has 2 fully saturated rings. The van der Waals surface area contributed by atoms with Crippen LogP contribution in [0.3, 0.4) is 0 Å². The Hall–Kier alpha value is -2.29. The Morgan fingerprint density at radius 2 is 2.04 bits per heavy atom. The molecule has 0 N–H and O–H groups in total. The lowest BCUT2D eigenvalue weighted by molar-refractivity contribution is -0.606. The van der Waals surface area contributed by atoms with Crippen LogP contribution in [0.4, 0.5) is 4.79 Å². The van der Waals surface area contributed by atoms with Crippen LogP contribution >= 0.6 is 0 Å². The molecular weight excluding hydrogens is 306 g/mol. The van der Waals surface area contributed by atoms with Gasteiger partial charge in [0.25, 0.3) is 0 Å². The molecule has 0 saturated carbocycles. The maximum atomic E-state index is 12.5. The van der Waals surface area contributed by atoms with Crippen LogP contribution in [0.2, 0.25) is 0 Å². The highest BCUT2D eigenvalue weighted by molar-refractivity contribution is 5.70. The summed E-state index contributed by atoms with van der Waals surface area (Å²) in [5, 5.41) is 21.5. The predicted molar refractivity (Wildman–Crippen MR) is 86.8 cm³/mol. The maximum Gasteiger partial charge on any atom is 0.410 e. The first-order chi connectivity index (χ1) is 11.2. The normalized spacial score (nSPS) is 29.2. The van der Waals surface area contributed by atoms with Gasteiger partial charge in [-0.15, -0.1) is 0 Å². The first-order valence-electron chi connectivity index (χ1n) is 8.36. The highest BCUT2D eigenvalue weighted by Crippen LogP contribution is 2.47. The van der Waals surface area contributed by atoms with Crippen LogP contribution in [-0.4, -0.2) is 28.7 Å². The molecule has 0 aromatic carbocycles. The van der Waals surface area contributed by atoms with Gasteiger partial charge < -0.3 is 14.8 Å². The number of nitriles is 1. The lowest BCUT2D eigenvalue weighted by atomic mass is 9.71. The largest absolute Gasteiger partial charge is 0.619 e.